The summed E-state index contributed by atoms with van der Waals surface area (Å²) in [6.45, 7) is 2.31. The lowest BCUT2D eigenvalue weighted by Crippen LogP contribution is -2.00. The van der Waals surface area contributed by atoms with Crippen LogP contribution in [0.5, 0.6) is 0 Å². The Morgan fingerprint density at radius 3 is 2.68 bits per heavy atom. The molecule has 0 aliphatic heterocycles. The molecular formula is C15H12ClFN2. The largest absolute Gasteiger partial charge is 0.381 e. The molecule has 96 valence electrons. The fourth-order valence-corrected chi connectivity index (χ4v) is 1.96. The van der Waals surface area contributed by atoms with Gasteiger partial charge in [0.15, 0.2) is 0 Å². The highest BCUT2D eigenvalue weighted by Crippen LogP contribution is 2.21. The minimum atomic E-state index is -0.204. The monoisotopic (exact) mass is 274 g/mol. The third-order valence-electron chi connectivity index (χ3n) is 2.81. The van der Waals surface area contributed by atoms with Gasteiger partial charge in [0.2, 0.25) is 0 Å². The first-order valence-electron chi connectivity index (χ1n) is 5.78. The van der Waals surface area contributed by atoms with Crippen molar-refractivity contribution in [3.8, 4) is 6.07 Å². The molecule has 0 atom stereocenters. The zero-order valence-corrected chi connectivity index (χ0v) is 11.1. The van der Waals surface area contributed by atoms with Gasteiger partial charge in [-0.3, -0.25) is 0 Å². The number of hydrogen-bond acceptors (Lipinski definition) is 2. The SMILES string of the molecule is Cc1cc(CNc2ccc(C#N)c(Cl)c2)ccc1F. The second-order valence-corrected chi connectivity index (χ2v) is 4.65. The zero-order chi connectivity index (χ0) is 13.8. The number of nitrogens with zero attached hydrogens (tertiary/aromatic N) is 1. The summed E-state index contributed by atoms with van der Waals surface area (Å²) in [7, 11) is 0. The zero-order valence-electron chi connectivity index (χ0n) is 10.4. The molecule has 2 rings (SSSR count). The van der Waals surface area contributed by atoms with E-state index in [9.17, 15) is 4.39 Å². The van der Waals surface area contributed by atoms with Crippen LogP contribution >= 0.6 is 11.6 Å². The number of aryl methyl sites for hydroxylation is 1. The van der Waals surface area contributed by atoms with E-state index < -0.39 is 0 Å². The van der Waals surface area contributed by atoms with Crippen LogP contribution in [0.1, 0.15) is 16.7 Å². The Hall–Kier alpha value is -2.05. The minimum Gasteiger partial charge on any atom is -0.381 e. The van der Waals surface area contributed by atoms with Crippen LogP contribution in [0.15, 0.2) is 36.4 Å². The van der Waals surface area contributed by atoms with Gasteiger partial charge in [0.25, 0.3) is 0 Å². The normalized spacial score (nSPS) is 10.0. The summed E-state index contributed by atoms with van der Waals surface area (Å²) < 4.78 is 13.1. The summed E-state index contributed by atoms with van der Waals surface area (Å²) in [5.41, 5.74) is 2.88. The van der Waals surface area contributed by atoms with Crippen LogP contribution in [-0.2, 0) is 6.54 Å². The molecule has 0 heterocycles. The molecule has 2 aromatic rings. The highest BCUT2D eigenvalue weighted by Gasteiger charge is 2.02. The fourth-order valence-electron chi connectivity index (χ4n) is 1.74. The Morgan fingerprint density at radius 2 is 2.05 bits per heavy atom. The van der Waals surface area contributed by atoms with Crippen molar-refractivity contribution < 1.29 is 4.39 Å². The lowest BCUT2D eigenvalue weighted by atomic mass is 10.1. The maximum absolute atomic E-state index is 13.1. The molecular weight excluding hydrogens is 263 g/mol. The number of anilines is 1. The third kappa shape index (κ3) is 3.24. The molecule has 0 aromatic heterocycles. The molecule has 2 nitrogen and oxygen atoms in total. The number of rotatable bonds is 3. The van der Waals surface area contributed by atoms with Crippen molar-refractivity contribution in [3.63, 3.8) is 0 Å². The van der Waals surface area contributed by atoms with E-state index in [2.05, 4.69) is 5.32 Å². The van der Waals surface area contributed by atoms with E-state index in [0.717, 1.165) is 11.3 Å². The van der Waals surface area contributed by atoms with Crippen LogP contribution in [0.25, 0.3) is 0 Å². The van der Waals surface area contributed by atoms with Crippen molar-refractivity contribution in [2.75, 3.05) is 5.32 Å². The number of nitrogens with one attached hydrogen (secondary N) is 1. The maximum atomic E-state index is 13.1. The Bertz CT molecular complexity index is 647. The standard InChI is InChI=1S/C15H12ClFN2/c1-10-6-11(2-5-15(10)17)9-19-13-4-3-12(8-18)14(16)7-13/h2-7,19H,9H2,1H3. The van der Waals surface area contributed by atoms with Crippen LogP contribution in [0.4, 0.5) is 10.1 Å². The van der Waals surface area contributed by atoms with E-state index in [1.807, 2.05) is 6.07 Å². The summed E-state index contributed by atoms with van der Waals surface area (Å²) in [5.74, 6) is -0.204. The Kier molecular flexibility index (Phi) is 4.03. The van der Waals surface area contributed by atoms with Gasteiger partial charge in [0, 0.05) is 12.2 Å². The minimum absolute atomic E-state index is 0.204. The predicted octanol–water partition coefficient (Wildman–Crippen LogP) is 4.27. The van der Waals surface area contributed by atoms with E-state index in [0.29, 0.717) is 22.7 Å². The van der Waals surface area contributed by atoms with E-state index in [-0.39, 0.29) is 5.82 Å². The smallest absolute Gasteiger partial charge is 0.126 e. The maximum Gasteiger partial charge on any atom is 0.126 e. The average Bonchev–Trinajstić information content (AvgIpc) is 2.40. The Labute approximate surface area is 116 Å². The fraction of sp³-hybridized carbons (Fsp3) is 0.133. The first-order chi connectivity index (χ1) is 9.10. The molecule has 0 fully saturated rings. The Morgan fingerprint density at radius 1 is 1.26 bits per heavy atom. The predicted molar refractivity (Wildman–Crippen MR) is 74.6 cm³/mol. The molecule has 0 unspecified atom stereocenters. The molecule has 0 radical (unpaired) electrons. The van der Waals surface area contributed by atoms with Crippen LogP contribution < -0.4 is 5.32 Å². The molecule has 0 bridgehead atoms. The van der Waals surface area contributed by atoms with Crippen molar-refractivity contribution in [2.24, 2.45) is 0 Å². The molecule has 0 aliphatic carbocycles. The second-order valence-electron chi connectivity index (χ2n) is 4.24. The molecule has 19 heavy (non-hydrogen) atoms. The van der Waals surface area contributed by atoms with Crippen molar-refractivity contribution in [1.82, 2.24) is 0 Å². The van der Waals surface area contributed by atoms with Gasteiger partial charge in [-0.1, -0.05) is 23.7 Å². The van der Waals surface area contributed by atoms with E-state index >= 15 is 0 Å². The summed E-state index contributed by atoms with van der Waals surface area (Å²) >= 11 is 5.95. The van der Waals surface area contributed by atoms with Crippen LogP contribution in [-0.4, -0.2) is 0 Å². The van der Waals surface area contributed by atoms with E-state index in [4.69, 9.17) is 16.9 Å². The Balaban J connectivity index is 2.08. The number of benzene rings is 2. The van der Waals surface area contributed by atoms with Gasteiger partial charge in [-0.05, 0) is 42.3 Å². The van der Waals surface area contributed by atoms with E-state index in [1.54, 1.807) is 37.3 Å². The topological polar surface area (TPSA) is 35.8 Å². The summed E-state index contributed by atoms with van der Waals surface area (Å²) in [6.07, 6.45) is 0. The van der Waals surface area contributed by atoms with Crippen molar-refractivity contribution in [1.29, 1.82) is 5.26 Å². The van der Waals surface area contributed by atoms with Crippen LogP contribution in [0.2, 0.25) is 5.02 Å². The molecule has 0 saturated carbocycles. The van der Waals surface area contributed by atoms with Gasteiger partial charge in [-0.25, -0.2) is 4.39 Å². The number of nitriles is 1. The van der Waals surface area contributed by atoms with Crippen LogP contribution in [0.3, 0.4) is 0 Å². The summed E-state index contributed by atoms with van der Waals surface area (Å²) in [5, 5.41) is 12.4. The average molecular weight is 275 g/mol. The summed E-state index contributed by atoms with van der Waals surface area (Å²) in [6, 6.07) is 12.2. The molecule has 0 saturated heterocycles. The van der Waals surface area contributed by atoms with Crippen molar-refractivity contribution >= 4 is 17.3 Å². The highest BCUT2D eigenvalue weighted by molar-refractivity contribution is 6.32. The lowest BCUT2D eigenvalue weighted by molar-refractivity contribution is 0.617. The van der Waals surface area contributed by atoms with Gasteiger partial charge in [-0.2, -0.15) is 5.26 Å². The molecule has 1 N–H and O–H groups in total. The van der Waals surface area contributed by atoms with Gasteiger partial charge >= 0.3 is 0 Å². The quantitative estimate of drug-likeness (QED) is 0.907. The van der Waals surface area contributed by atoms with E-state index in [1.165, 1.54) is 6.07 Å². The van der Waals surface area contributed by atoms with Gasteiger partial charge in [0.1, 0.15) is 11.9 Å². The second kappa shape index (κ2) is 5.73. The summed E-state index contributed by atoms with van der Waals surface area (Å²) in [4.78, 5) is 0. The van der Waals surface area contributed by atoms with Gasteiger partial charge < -0.3 is 5.32 Å². The molecule has 0 spiro atoms. The van der Waals surface area contributed by atoms with Crippen molar-refractivity contribution in [3.05, 3.63) is 63.9 Å². The third-order valence-corrected chi connectivity index (χ3v) is 3.12. The van der Waals surface area contributed by atoms with Gasteiger partial charge in [0.05, 0.1) is 10.6 Å². The first kappa shape index (κ1) is 13.4. The molecule has 0 amide bonds. The number of halogens is 2. The molecule has 2 aromatic carbocycles. The lowest BCUT2D eigenvalue weighted by Gasteiger charge is -2.08. The number of hydrogen-bond donors (Lipinski definition) is 1. The molecule has 0 aliphatic rings. The van der Waals surface area contributed by atoms with Crippen molar-refractivity contribution in [2.45, 2.75) is 13.5 Å². The molecule has 4 heteroatoms. The highest BCUT2D eigenvalue weighted by atomic mass is 35.5. The van der Waals surface area contributed by atoms with Gasteiger partial charge in [-0.15, -0.1) is 0 Å². The van der Waals surface area contributed by atoms with Crippen LogP contribution in [0, 0.1) is 24.1 Å². The first-order valence-corrected chi connectivity index (χ1v) is 6.16.